The van der Waals surface area contributed by atoms with Crippen LogP contribution < -0.4 is 16.0 Å². The van der Waals surface area contributed by atoms with Crippen molar-refractivity contribution in [2.45, 2.75) is 31.9 Å². The van der Waals surface area contributed by atoms with Gasteiger partial charge in [0.2, 0.25) is 0 Å². The standard InChI is InChI=1S/C15H25N3O/c1-12(17-9-8-16)13-2-4-14(5-3-13)18-10-6-15(19)7-11-18/h2-5,12,15,17,19H,6-11,16H2,1H3. The number of hydrogen-bond donors (Lipinski definition) is 3. The van der Waals surface area contributed by atoms with Crippen LogP contribution in [-0.4, -0.2) is 37.4 Å². The molecule has 0 aromatic heterocycles. The third-order valence-electron chi connectivity index (χ3n) is 3.82. The molecule has 0 saturated carbocycles. The predicted octanol–water partition coefficient (Wildman–Crippen LogP) is 1.26. The number of aliphatic hydroxyl groups excluding tert-OH is 1. The minimum Gasteiger partial charge on any atom is -0.393 e. The van der Waals surface area contributed by atoms with Crippen LogP contribution in [0.1, 0.15) is 31.4 Å². The molecule has 4 nitrogen and oxygen atoms in total. The van der Waals surface area contributed by atoms with Gasteiger partial charge in [-0.3, -0.25) is 0 Å². The van der Waals surface area contributed by atoms with Crippen molar-refractivity contribution in [3.63, 3.8) is 0 Å². The highest BCUT2D eigenvalue weighted by atomic mass is 16.3. The molecule has 1 aromatic carbocycles. The lowest BCUT2D eigenvalue weighted by Gasteiger charge is -2.31. The van der Waals surface area contributed by atoms with Crippen LogP contribution in [0.15, 0.2) is 24.3 Å². The first-order valence-corrected chi connectivity index (χ1v) is 7.17. The zero-order valence-corrected chi connectivity index (χ0v) is 11.7. The Morgan fingerprint density at radius 2 is 1.95 bits per heavy atom. The van der Waals surface area contributed by atoms with Crippen molar-refractivity contribution in [3.05, 3.63) is 29.8 Å². The Morgan fingerprint density at radius 1 is 1.32 bits per heavy atom. The van der Waals surface area contributed by atoms with Gasteiger partial charge in [0.25, 0.3) is 0 Å². The minimum absolute atomic E-state index is 0.115. The topological polar surface area (TPSA) is 61.5 Å². The zero-order chi connectivity index (χ0) is 13.7. The minimum atomic E-state index is -0.115. The maximum atomic E-state index is 9.53. The second kappa shape index (κ2) is 6.89. The molecule has 2 rings (SSSR count). The molecule has 4 heteroatoms. The van der Waals surface area contributed by atoms with Gasteiger partial charge < -0.3 is 21.1 Å². The quantitative estimate of drug-likeness (QED) is 0.748. The molecule has 1 fully saturated rings. The van der Waals surface area contributed by atoms with E-state index < -0.39 is 0 Å². The fourth-order valence-electron chi connectivity index (χ4n) is 2.52. The van der Waals surface area contributed by atoms with Gasteiger partial charge in [-0.15, -0.1) is 0 Å². The Kier molecular flexibility index (Phi) is 5.19. The highest BCUT2D eigenvalue weighted by Crippen LogP contribution is 2.22. The van der Waals surface area contributed by atoms with E-state index in [-0.39, 0.29) is 6.10 Å². The number of nitrogens with one attached hydrogen (secondary N) is 1. The van der Waals surface area contributed by atoms with Gasteiger partial charge in [0.15, 0.2) is 0 Å². The normalized spacial score (nSPS) is 18.6. The monoisotopic (exact) mass is 263 g/mol. The van der Waals surface area contributed by atoms with E-state index in [4.69, 9.17) is 5.73 Å². The van der Waals surface area contributed by atoms with E-state index in [1.165, 1.54) is 11.3 Å². The highest BCUT2D eigenvalue weighted by molar-refractivity contribution is 5.48. The Bertz CT molecular complexity index is 371. The van der Waals surface area contributed by atoms with Gasteiger partial charge in [-0.2, -0.15) is 0 Å². The van der Waals surface area contributed by atoms with Crippen LogP contribution in [-0.2, 0) is 0 Å². The molecule has 1 atom stereocenters. The van der Waals surface area contributed by atoms with Gasteiger partial charge in [0, 0.05) is 37.9 Å². The summed E-state index contributed by atoms with van der Waals surface area (Å²) < 4.78 is 0. The van der Waals surface area contributed by atoms with E-state index in [0.29, 0.717) is 12.6 Å². The summed E-state index contributed by atoms with van der Waals surface area (Å²) in [5.41, 5.74) is 8.04. The molecule has 1 saturated heterocycles. The van der Waals surface area contributed by atoms with Crippen molar-refractivity contribution in [1.29, 1.82) is 0 Å². The summed E-state index contributed by atoms with van der Waals surface area (Å²) in [5, 5.41) is 12.9. The van der Waals surface area contributed by atoms with Crippen molar-refractivity contribution in [1.82, 2.24) is 5.32 Å². The Morgan fingerprint density at radius 3 is 2.53 bits per heavy atom. The lowest BCUT2D eigenvalue weighted by atomic mass is 10.0. The maximum absolute atomic E-state index is 9.53. The summed E-state index contributed by atoms with van der Waals surface area (Å²) in [5.74, 6) is 0. The summed E-state index contributed by atoms with van der Waals surface area (Å²) in [6.07, 6.45) is 1.63. The van der Waals surface area contributed by atoms with Crippen LogP contribution in [0.4, 0.5) is 5.69 Å². The summed E-state index contributed by atoms with van der Waals surface area (Å²) >= 11 is 0. The second-order valence-electron chi connectivity index (χ2n) is 5.27. The fourth-order valence-corrected chi connectivity index (χ4v) is 2.52. The number of hydrogen-bond acceptors (Lipinski definition) is 4. The predicted molar refractivity (Wildman–Crippen MR) is 79.4 cm³/mol. The van der Waals surface area contributed by atoms with Gasteiger partial charge in [-0.05, 0) is 37.5 Å². The molecule has 4 N–H and O–H groups in total. The molecule has 0 bridgehead atoms. The van der Waals surface area contributed by atoms with Gasteiger partial charge in [-0.1, -0.05) is 12.1 Å². The average Bonchev–Trinajstić information content (AvgIpc) is 2.46. The molecule has 0 aliphatic carbocycles. The molecule has 1 aliphatic heterocycles. The van der Waals surface area contributed by atoms with E-state index >= 15 is 0 Å². The van der Waals surface area contributed by atoms with Crippen LogP contribution in [0.2, 0.25) is 0 Å². The molecular formula is C15H25N3O. The Labute approximate surface area is 115 Å². The molecule has 19 heavy (non-hydrogen) atoms. The summed E-state index contributed by atoms with van der Waals surface area (Å²) in [6.45, 7) is 5.55. The first kappa shape index (κ1) is 14.3. The number of rotatable bonds is 5. The van der Waals surface area contributed by atoms with E-state index in [2.05, 4.69) is 41.4 Å². The van der Waals surface area contributed by atoms with Gasteiger partial charge >= 0.3 is 0 Å². The molecule has 1 unspecified atom stereocenters. The van der Waals surface area contributed by atoms with Crippen molar-refractivity contribution in [2.75, 3.05) is 31.1 Å². The number of piperidine rings is 1. The third-order valence-corrected chi connectivity index (χ3v) is 3.82. The van der Waals surface area contributed by atoms with Crippen LogP contribution >= 0.6 is 0 Å². The SMILES string of the molecule is CC(NCCN)c1ccc(N2CCC(O)CC2)cc1. The van der Waals surface area contributed by atoms with Crippen LogP contribution in [0, 0.1) is 0 Å². The molecule has 0 spiro atoms. The first-order valence-electron chi connectivity index (χ1n) is 7.17. The summed E-state index contributed by atoms with van der Waals surface area (Å²) in [7, 11) is 0. The average molecular weight is 263 g/mol. The summed E-state index contributed by atoms with van der Waals surface area (Å²) in [6, 6.07) is 9.03. The second-order valence-corrected chi connectivity index (χ2v) is 5.27. The van der Waals surface area contributed by atoms with Crippen molar-refractivity contribution >= 4 is 5.69 Å². The molecule has 106 valence electrons. The number of nitrogens with zero attached hydrogens (tertiary/aromatic N) is 1. The van der Waals surface area contributed by atoms with Crippen LogP contribution in [0.25, 0.3) is 0 Å². The van der Waals surface area contributed by atoms with Gasteiger partial charge in [0.1, 0.15) is 0 Å². The fraction of sp³-hybridized carbons (Fsp3) is 0.600. The Balaban J connectivity index is 1.94. The molecule has 1 aromatic rings. The number of nitrogens with two attached hydrogens (primary N) is 1. The van der Waals surface area contributed by atoms with E-state index in [1.54, 1.807) is 0 Å². The van der Waals surface area contributed by atoms with Gasteiger partial charge in [0.05, 0.1) is 6.10 Å². The Hall–Kier alpha value is -1.10. The molecule has 0 amide bonds. The maximum Gasteiger partial charge on any atom is 0.0574 e. The number of anilines is 1. The highest BCUT2D eigenvalue weighted by Gasteiger charge is 2.17. The van der Waals surface area contributed by atoms with Crippen molar-refractivity contribution in [3.8, 4) is 0 Å². The molecular weight excluding hydrogens is 238 g/mol. The third kappa shape index (κ3) is 3.93. The lowest BCUT2D eigenvalue weighted by Crippen LogP contribution is -2.35. The van der Waals surface area contributed by atoms with Crippen LogP contribution in [0.5, 0.6) is 0 Å². The van der Waals surface area contributed by atoms with Crippen LogP contribution in [0.3, 0.4) is 0 Å². The summed E-state index contributed by atoms with van der Waals surface area (Å²) in [4.78, 5) is 2.34. The largest absolute Gasteiger partial charge is 0.393 e. The van der Waals surface area contributed by atoms with Crippen molar-refractivity contribution in [2.24, 2.45) is 5.73 Å². The number of benzene rings is 1. The van der Waals surface area contributed by atoms with E-state index in [9.17, 15) is 5.11 Å². The smallest absolute Gasteiger partial charge is 0.0574 e. The number of aliphatic hydroxyl groups is 1. The zero-order valence-electron chi connectivity index (χ0n) is 11.7. The molecule has 0 radical (unpaired) electrons. The van der Waals surface area contributed by atoms with Gasteiger partial charge in [-0.25, -0.2) is 0 Å². The molecule has 1 aliphatic rings. The van der Waals surface area contributed by atoms with Crippen molar-refractivity contribution < 1.29 is 5.11 Å². The molecule has 1 heterocycles. The lowest BCUT2D eigenvalue weighted by molar-refractivity contribution is 0.145. The van der Waals surface area contributed by atoms with E-state index in [1.807, 2.05) is 0 Å². The van der Waals surface area contributed by atoms with E-state index in [0.717, 1.165) is 32.5 Å². The first-order chi connectivity index (χ1) is 9.20.